The molecule has 0 aromatic carbocycles. The first-order valence-corrected chi connectivity index (χ1v) is 9.89. The zero-order valence-electron chi connectivity index (χ0n) is 15.7. The van der Waals surface area contributed by atoms with E-state index < -0.39 is 0 Å². The van der Waals surface area contributed by atoms with Gasteiger partial charge in [0.05, 0.1) is 6.57 Å². The van der Waals surface area contributed by atoms with Crippen LogP contribution in [0.2, 0.25) is 0 Å². The summed E-state index contributed by atoms with van der Waals surface area (Å²) in [6.45, 7) is 16.6. The summed E-state index contributed by atoms with van der Waals surface area (Å²) in [6.07, 6.45) is 11.4. The quantitative estimate of drug-likeness (QED) is 0.527. The maximum Gasteiger partial charge on any atom is 0.226 e. The second-order valence-electron chi connectivity index (χ2n) is 10.1. The summed E-state index contributed by atoms with van der Waals surface area (Å²) in [5.41, 5.74) is 0.630. The molecule has 3 saturated carbocycles. The minimum atomic E-state index is -0.384. The molecular formula is C22H31NO. The standard InChI is InChI=1S/C22H31NO/c1-20(2)18-9-8-14-15-7-6-11-21(15,3)12-10-16(14)22(18,4)13-17(23-5)19(20)24/h13-16,18H,6-12H2,1-4H3/t14?,15?,16?,18?,21-,22+/m0/s1. The molecule has 0 amide bonds. The van der Waals surface area contributed by atoms with Gasteiger partial charge in [0.2, 0.25) is 5.70 Å². The topological polar surface area (TPSA) is 21.4 Å². The van der Waals surface area contributed by atoms with Crippen molar-refractivity contribution < 1.29 is 4.79 Å². The molecule has 6 atom stereocenters. The Hall–Kier alpha value is -1.10. The third kappa shape index (κ3) is 1.91. The second-order valence-corrected chi connectivity index (χ2v) is 10.1. The molecule has 0 radical (unpaired) electrons. The number of hydrogen-bond acceptors (Lipinski definition) is 1. The van der Waals surface area contributed by atoms with E-state index in [4.69, 9.17) is 6.57 Å². The van der Waals surface area contributed by atoms with E-state index in [9.17, 15) is 4.79 Å². The van der Waals surface area contributed by atoms with Crippen molar-refractivity contribution in [3.63, 3.8) is 0 Å². The molecular weight excluding hydrogens is 294 g/mol. The second kappa shape index (κ2) is 4.96. The van der Waals surface area contributed by atoms with Gasteiger partial charge in [-0.15, -0.1) is 0 Å². The Morgan fingerprint density at radius 2 is 1.79 bits per heavy atom. The van der Waals surface area contributed by atoms with E-state index in [2.05, 4.69) is 38.6 Å². The van der Waals surface area contributed by atoms with E-state index in [1.165, 1.54) is 38.5 Å². The molecule has 0 spiro atoms. The van der Waals surface area contributed by atoms with E-state index in [1.807, 2.05) is 0 Å². The average molecular weight is 325 g/mol. The van der Waals surface area contributed by atoms with Gasteiger partial charge in [-0.2, -0.15) is 0 Å². The third-order valence-electron chi connectivity index (χ3n) is 8.81. The smallest absolute Gasteiger partial charge is 0.226 e. The number of fused-ring (bicyclic) bond motifs is 5. The first-order chi connectivity index (χ1) is 11.2. The molecule has 4 rings (SSSR count). The van der Waals surface area contributed by atoms with Crippen LogP contribution in [0.5, 0.6) is 0 Å². The van der Waals surface area contributed by atoms with E-state index in [0.29, 0.717) is 22.9 Å². The molecule has 130 valence electrons. The summed E-state index contributed by atoms with van der Waals surface area (Å²) in [5, 5.41) is 0. The van der Waals surface area contributed by atoms with Crippen LogP contribution in [0.3, 0.4) is 0 Å². The summed E-state index contributed by atoms with van der Waals surface area (Å²) in [7, 11) is 0. The highest BCUT2D eigenvalue weighted by Gasteiger charge is 2.61. The van der Waals surface area contributed by atoms with Gasteiger partial charge in [0.15, 0.2) is 5.78 Å². The first kappa shape index (κ1) is 16.4. The molecule has 0 bridgehead atoms. The van der Waals surface area contributed by atoms with E-state index in [0.717, 1.165) is 18.3 Å². The Kier molecular flexibility index (Phi) is 3.39. The molecule has 4 aliphatic rings. The minimum absolute atomic E-state index is 0.0319. The molecule has 24 heavy (non-hydrogen) atoms. The monoisotopic (exact) mass is 325 g/mol. The van der Waals surface area contributed by atoms with Gasteiger partial charge in [0.25, 0.3) is 0 Å². The van der Waals surface area contributed by atoms with Crippen LogP contribution in [-0.2, 0) is 4.79 Å². The van der Waals surface area contributed by atoms with E-state index >= 15 is 0 Å². The number of carbonyl (C=O) groups is 1. The van der Waals surface area contributed by atoms with Crippen molar-refractivity contribution in [3.8, 4) is 0 Å². The van der Waals surface area contributed by atoms with Crippen LogP contribution in [0.25, 0.3) is 4.85 Å². The minimum Gasteiger partial charge on any atom is -0.307 e. The van der Waals surface area contributed by atoms with Crippen LogP contribution < -0.4 is 0 Å². The van der Waals surface area contributed by atoms with Gasteiger partial charge in [0.1, 0.15) is 0 Å². The maximum absolute atomic E-state index is 12.8. The molecule has 0 aromatic heterocycles. The van der Waals surface area contributed by atoms with E-state index in [-0.39, 0.29) is 16.6 Å². The normalized spacial score (nSPS) is 49.5. The van der Waals surface area contributed by atoms with Crippen molar-refractivity contribution >= 4 is 5.78 Å². The highest BCUT2D eigenvalue weighted by molar-refractivity contribution is 6.02. The molecule has 0 N–H and O–H groups in total. The first-order valence-electron chi connectivity index (χ1n) is 9.89. The molecule has 0 heterocycles. The van der Waals surface area contributed by atoms with Gasteiger partial charge in [-0.25, -0.2) is 4.85 Å². The van der Waals surface area contributed by atoms with Crippen LogP contribution in [0.1, 0.15) is 72.6 Å². The fourth-order valence-corrected chi connectivity index (χ4v) is 7.66. The third-order valence-corrected chi connectivity index (χ3v) is 8.81. The van der Waals surface area contributed by atoms with Crippen LogP contribution in [0.4, 0.5) is 0 Å². The van der Waals surface area contributed by atoms with Crippen molar-refractivity contribution in [2.45, 2.75) is 72.6 Å². The van der Waals surface area contributed by atoms with Gasteiger partial charge >= 0.3 is 0 Å². The molecule has 2 heteroatoms. The Bertz CT molecular complexity index is 653. The number of allylic oxidation sites excluding steroid dienone is 2. The van der Waals surface area contributed by atoms with Gasteiger partial charge in [-0.3, -0.25) is 0 Å². The Labute approximate surface area is 146 Å². The zero-order valence-corrected chi connectivity index (χ0v) is 15.7. The SMILES string of the molecule is [C-]#[N+]C1=C[C@]2(C)C3CC[C@]4(C)CCCC4C3CCC2C(C)(C)C1=O. The van der Waals surface area contributed by atoms with Crippen molar-refractivity contribution in [2.24, 2.45) is 39.9 Å². The van der Waals surface area contributed by atoms with Crippen molar-refractivity contribution in [3.05, 3.63) is 23.2 Å². The fraction of sp³-hybridized carbons (Fsp3) is 0.818. The molecule has 2 nitrogen and oxygen atoms in total. The number of carbonyl (C=O) groups excluding carboxylic acids is 1. The summed E-state index contributed by atoms with van der Waals surface area (Å²) < 4.78 is 0. The Morgan fingerprint density at radius 1 is 1.04 bits per heavy atom. The van der Waals surface area contributed by atoms with Crippen molar-refractivity contribution in [2.75, 3.05) is 0 Å². The lowest BCUT2D eigenvalue weighted by molar-refractivity contribution is -0.141. The number of ketones is 1. The van der Waals surface area contributed by atoms with Crippen molar-refractivity contribution in [1.29, 1.82) is 0 Å². The highest BCUT2D eigenvalue weighted by Crippen LogP contribution is 2.67. The van der Waals surface area contributed by atoms with Gasteiger partial charge in [-0.05, 0) is 73.0 Å². The summed E-state index contributed by atoms with van der Waals surface area (Å²) >= 11 is 0. The van der Waals surface area contributed by atoms with Crippen LogP contribution in [0.15, 0.2) is 11.8 Å². The lowest BCUT2D eigenvalue weighted by atomic mass is 9.43. The zero-order chi connectivity index (χ0) is 17.3. The molecule has 0 aromatic rings. The lowest BCUT2D eigenvalue weighted by Crippen LogP contribution is -2.56. The van der Waals surface area contributed by atoms with E-state index in [1.54, 1.807) is 0 Å². The summed E-state index contributed by atoms with van der Waals surface area (Å²) in [5.74, 6) is 2.82. The average Bonchev–Trinajstić information content (AvgIpc) is 2.93. The largest absolute Gasteiger partial charge is 0.307 e. The number of nitrogens with zero attached hydrogens (tertiary/aromatic N) is 1. The maximum atomic E-state index is 12.8. The summed E-state index contributed by atoms with van der Waals surface area (Å²) in [4.78, 5) is 16.4. The van der Waals surface area contributed by atoms with Gasteiger partial charge in [0, 0.05) is 5.41 Å². The van der Waals surface area contributed by atoms with Crippen molar-refractivity contribution in [1.82, 2.24) is 0 Å². The predicted octanol–water partition coefficient (Wildman–Crippen LogP) is 5.65. The fourth-order valence-electron chi connectivity index (χ4n) is 7.66. The number of hydrogen-bond donors (Lipinski definition) is 0. The molecule has 0 aliphatic heterocycles. The summed E-state index contributed by atoms with van der Waals surface area (Å²) in [6, 6.07) is 0. The molecule has 4 unspecified atom stereocenters. The lowest BCUT2D eigenvalue weighted by Gasteiger charge is -2.61. The Balaban J connectivity index is 1.78. The molecule has 3 fully saturated rings. The number of rotatable bonds is 0. The number of Topliss-reactive ketones (excluding diaryl/α,β-unsaturated/α-hetero) is 1. The van der Waals surface area contributed by atoms with Crippen LogP contribution >= 0.6 is 0 Å². The predicted molar refractivity (Wildman–Crippen MR) is 96.0 cm³/mol. The van der Waals surface area contributed by atoms with Crippen LogP contribution in [-0.4, -0.2) is 5.78 Å². The Morgan fingerprint density at radius 3 is 2.50 bits per heavy atom. The van der Waals surface area contributed by atoms with Crippen LogP contribution in [0, 0.1) is 46.5 Å². The molecule has 4 aliphatic carbocycles. The highest BCUT2D eigenvalue weighted by atomic mass is 16.1. The molecule has 0 saturated heterocycles. The van der Waals surface area contributed by atoms with Gasteiger partial charge < -0.3 is 4.79 Å². The van der Waals surface area contributed by atoms with Gasteiger partial charge in [-0.1, -0.05) is 40.2 Å².